The van der Waals surface area contributed by atoms with E-state index in [1.54, 1.807) is 18.2 Å². The number of halogens is 1. The smallest absolute Gasteiger partial charge is 0.163 e. The van der Waals surface area contributed by atoms with E-state index in [2.05, 4.69) is 0 Å². The summed E-state index contributed by atoms with van der Waals surface area (Å²) in [7, 11) is 0. The van der Waals surface area contributed by atoms with Gasteiger partial charge in [-0.2, -0.15) is 0 Å². The number of Topliss-reactive ketones (excluding diaryl/α,β-unsaturated/α-hetero) is 1. The van der Waals surface area contributed by atoms with Crippen LogP contribution in [0.5, 0.6) is 5.75 Å². The Hall–Kier alpha value is -1.06. The van der Waals surface area contributed by atoms with Crippen LogP contribution in [0.1, 0.15) is 43.0 Å². The summed E-state index contributed by atoms with van der Waals surface area (Å²) in [5, 5.41) is 0.553. The number of hydrogen-bond donors (Lipinski definition) is 0. The van der Waals surface area contributed by atoms with E-state index in [0.29, 0.717) is 29.0 Å². The van der Waals surface area contributed by atoms with Crippen LogP contribution in [-0.4, -0.2) is 25.1 Å². The van der Waals surface area contributed by atoms with E-state index in [1.165, 1.54) is 6.92 Å². The lowest BCUT2D eigenvalue weighted by molar-refractivity contribution is 0.0971. The van der Waals surface area contributed by atoms with Crippen LogP contribution in [0.3, 0.4) is 0 Å². The quantitative estimate of drug-likeness (QED) is 0.587. The zero-order chi connectivity index (χ0) is 13.7. The molecule has 19 heavy (non-hydrogen) atoms. The molecule has 0 radical (unpaired) electrons. The van der Waals surface area contributed by atoms with Gasteiger partial charge in [0.2, 0.25) is 0 Å². The Bertz CT molecular complexity index is 439. The molecule has 4 heteroatoms. The van der Waals surface area contributed by atoms with Crippen molar-refractivity contribution in [2.24, 2.45) is 0 Å². The monoisotopic (exact) mass is 282 g/mol. The van der Waals surface area contributed by atoms with E-state index in [0.717, 1.165) is 32.3 Å². The van der Waals surface area contributed by atoms with Crippen molar-refractivity contribution in [2.45, 2.75) is 38.7 Å². The first kappa shape index (κ1) is 14.4. The van der Waals surface area contributed by atoms with Crippen molar-refractivity contribution in [3.05, 3.63) is 28.8 Å². The third kappa shape index (κ3) is 4.22. The van der Waals surface area contributed by atoms with Gasteiger partial charge in [-0.3, -0.25) is 4.79 Å². The van der Waals surface area contributed by atoms with Gasteiger partial charge in [0.25, 0.3) is 0 Å². The van der Waals surface area contributed by atoms with E-state index in [9.17, 15) is 4.79 Å². The van der Waals surface area contributed by atoms with Gasteiger partial charge in [-0.15, -0.1) is 0 Å². The molecule has 0 N–H and O–H groups in total. The Morgan fingerprint density at radius 1 is 1.53 bits per heavy atom. The fraction of sp³-hybridized carbons (Fsp3) is 0.533. The topological polar surface area (TPSA) is 35.5 Å². The van der Waals surface area contributed by atoms with Crippen LogP contribution in [0.2, 0.25) is 5.02 Å². The number of hydrogen-bond acceptors (Lipinski definition) is 3. The molecule has 0 bridgehead atoms. The molecule has 0 saturated carbocycles. The fourth-order valence-corrected chi connectivity index (χ4v) is 2.44. The lowest BCUT2D eigenvalue weighted by Crippen LogP contribution is -2.08. The minimum atomic E-state index is -0.0309. The van der Waals surface area contributed by atoms with Crippen molar-refractivity contribution in [2.75, 3.05) is 13.2 Å². The summed E-state index contributed by atoms with van der Waals surface area (Å²) in [5.41, 5.74) is 0.546. The molecule has 1 fully saturated rings. The normalized spacial score (nSPS) is 18.5. The maximum atomic E-state index is 11.5. The summed E-state index contributed by atoms with van der Waals surface area (Å²) in [6.07, 6.45) is 4.66. The highest BCUT2D eigenvalue weighted by molar-refractivity contribution is 6.31. The van der Waals surface area contributed by atoms with Crippen LogP contribution >= 0.6 is 11.6 Å². The predicted octanol–water partition coefficient (Wildman–Crippen LogP) is 3.88. The van der Waals surface area contributed by atoms with Gasteiger partial charge in [0.05, 0.1) is 18.3 Å². The van der Waals surface area contributed by atoms with Crippen LogP contribution in [0.25, 0.3) is 0 Å². The molecular formula is C15H19ClO3. The van der Waals surface area contributed by atoms with Gasteiger partial charge >= 0.3 is 0 Å². The zero-order valence-electron chi connectivity index (χ0n) is 11.2. The first-order valence-electron chi connectivity index (χ1n) is 6.71. The number of carbonyl (C=O) groups excluding carboxylic acids is 1. The molecule has 104 valence electrons. The Balaban J connectivity index is 1.83. The first-order chi connectivity index (χ1) is 9.16. The van der Waals surface area contributed by atoms with Crippen LogP contribution in [0.4, 0.5) is 0 Å². The maximum Gasteiger partial charge on any atom is 0.163 e. The number of rotatable bonds is 6. The van der Waals surface area contributed by atoms with Crippen LogP contribution in [0, 0.1) is 0 Å². The molecule has 3 nitrogen and oxygen atoms in total. The van der Waals surface area contributed by atoms with Gasteiger partial charge in [-0.1, -0.05) is 11.6 Å². The Labute approximate surface area is 118 Å². The van der Waals surface area contributed by atoms with E-state index >= 15 is 0 Å². The molecular weight excluding hydrogens is 264 g/mol. The van der Waals surface area contributed by atoms with Gasteiger partial charge < -0.3 is 9.47 Å². The molecule has 0 aromatic heterocycles. The second kappa shape index (κ2) is 6.92. The van der Waals surface area contributed by atoms with Gasteiger partial charge in [0, 0.05) is 11.6 Å². The SMILES string of the molecule is CC(=O)c1cc(Cl)ccc1OCCCC1CCCO1. The van der Waals surface area contributed by atoms with E-state index in [1.807, 2.05) is 0 Å². The van der Waals surface area contributed by atoms with E-state index in [-0.39, 0.29) is 5.78 Å². The minimum Gasteiger partial charge on any atom is -0.493 e. The summed E-state index contributed by atoms with van der Waals surface area (Å²) in [4.78, 5) is 11.5. The summed E-state index contributed by atoms with van der Waals surface area (Å²) in [6.45, 7) is 3.00. The van der Waals surface area contributed by atoms with Crippen molar-refractivity contribution < 1.29 is 14.3 Å². The molecule has 1 aliphatic rings. The average Bonchev–Trinajstić information content (AvgIpc) is 2.89. The van der Waals surface area contributed by atoms with Gasteiger partial charge in [0.15, 0.2) is 5.78 Å². The number of benzene rings is 1. The second-order valence-corrected chi connectivity index (χ2v) is 5.26. The zero-order valence-corrected chi connectivity index (χ0v) is 11.9. The lowest BCUT2D eigenvalue weighted by atomic mass is 10.1. The maximum absolute atomic E-state index is 11.5. The van der Waals surface area contributed by atoms with Crippen molar-refractivity contribution in [1.29, 1.82) is 0 Å². The number of carbonyl (C=O) groups is 1. The third-order valence-corrected chi connectivity index (χ3v) is 3.51. The Kier molecular flexibility index (Phi) is 5.23. The molecule has 1 heterocycles. The number of ether oxygens (including phenoxy) is 2. The average molecular weight is 283 g/mol. The van der Waals surface area contributed by atoms with Crippen molar-refractivity contribution in [3.8, 4) is 5.75 Å². The van der Waals surface area contributed by atoms with Gasteiger partial charge in [-0.05, 0) is 50.8 Å². The summed E-state index contributed by atoms with van der Waals surface area (Å²) < 4.78 is 11.2. The number of ketones is 1. The highest BCUT2D eigenvalue weighted by Crippen LogP contribution is 2.24. The van der Waals surface area contributed by atoms with Crippen molar-refractivity contribution >= 4 is 17.4 Å². The highest BCUT2D eigenvalue weighted by atomic mass is 35.5. The molecule has 0 amide bonds. The summed E-state index contributed by atoms with van der Waals surface area (Å²) in [6, 6.07) is 5.15. The molecule has 1 unspecified atom stereocenters. The molecule has 1 aromatic rings. The molecule has 1 atom stereocenters. The predicted molar refractivity (Wildman–Crippen MR) is 75.2 cm³/mol. The molecule has 1 aromatic carbocycles. The first-order valence-corrected chi connectivity index (χ1v) is 7.09. The van der Waals surface area contributed by atoms with Crippen molar-refractivity contribution in [3.63, 3.8) is 0 Å². The molecule has 1 saturated heterocycles. The molecule has 1 aliphatic heterocycles. The minimum absolute atomic E-state index is 0.0309. The van der Waals surface area contributed by atoms with Crippen molar-refractivity contribution in [1.82, 2.24) is 0 Å². The Morgan fingerprint density at radius 3 is 3.05 bits per heavy atom. The Morgan fingerprint density at radius 2 is 2.37 bits per heavy atom. The van der Waals surface area contributed by atoms with Crippen LogP contribution in [0.15, 0.2) is 18.2 Å². The third-order valence-electron chi connectivity index (χ3n) is 3.27. The molecule has 0 spiro atoms. The summed E-state index contributed by atoms with van der Waals surface area (Å²) >= 11 is 5.88. The van der Waals surface area contributed by atoms with E-state index in [4.69, 9.17) is 21.1 Å². The standard InChI is InChI=1S/C15H19ClO3/c1-11(17)14-10-12(16)6-7-15(14)19-9-3-5-13-4-2-8-18-13/h6-7,10,13H,2-5,8-9H2,1H3. The summed E-state index contributed by atoms with van der Waals surface area (Å²) in [5.74, 6) is 0.584. The van der Waals surface area contributed by atoms with E-state index < -0.39 is 0 Å². The molecule has 0 aliphatic carbocycles. The largest absolute Gasteiger partial charge is 0.493 e. The van der Waals surface area contributed by atoms with Gasteiger partial charge in [0.1, 0.15) is 5.75 Å². The second-order valence-electron chi connectivity index (χ2n) is 4.82. The van der Waals surface area contributed by atoms with Gasteiger partial charge in [-0.25, -0.2) is 0 Å². The lowest BCUT2D eigenvalue weighted by Gasteiger charge is -2.12. The highest BCUT2D eigenvalue weighted by Gasteiger charge is 2.15. The van der Waals surface area contributed by atoms with Crippen LogP contribution < -0.4 is 4.74 Å². The molecule has 2 rings (SSSR count). The van der Waals surface area contributed by atoms with Crippen LogP contribution in [-0.2, 0) is 4.74 Å². The fourth-order valence-electron chi connectivity index (χ4n) is 2.27.